The Balaban J connectivity index is 1.77. The Morgan fingerprint density at radius 1 is 1.10 bits per heavy atom. The minimum atomic E-state index is -3.77. The number of carbonyl (C=O) groups is 1. The molecule has 0 saturated heterocycles. The summed E-state index contributed by atoms with van der Waals surface area (Å²) in [7, 11) is -3.77. The summed E-state index contributed by atoms with van der Waals surface area (Å²) >= 11 is 5.02. The van der Waals surface area contributed by atoms with Gasteiger partial charge >= 0.3 is 0 Å². The van der Waals surface area contributed by atoms with Crippen LogP contribution >= 0.6 is 27.7 Å². The summed E-state index contributed by atoms with van der Waals surface area (Å²) in [5, 5.41) is 2.98. The van der Waals surface area contributed by atoms with Crippen molar-refractivity contribution in [3.63, 3.8) is 0 Å². The smallest absolute Gasteiger partial charge is 0.243 e. The maximum atomic E-state index is 13.4. The van der Waals surface area contributed by atoms with Crippen LogP contribution in [0.1, 0.15) is 50.6 Å². The third-order valence-electron chi connectivity index (χ3n) is 5.69. The van der Waals surface area contributed by atoms with Crippen molar-refractivity contribution >= 4 is 43.6 Å². The van der Waals surface area contributed by atoms with Crippen LogP contribution in [0.5, 0.6) is 0 Å². The first-order valence-electron chi connectivity index (χ1n) is 10.5. The van der Waals surface area contributed by atoms with Gasteiger partial charge in [0.2, 0.25) is 15.9 Å². The highest BCUT2D eigenvalue weighted by molar-refractivity contribution is 9.10. The molecular formula is C23H29BrN2O3S2. The van der Waals surface area contributed by atoms with Crippen LogP contribution in [0.4, 0.5) is 0 Å². The Morgan fingerprint density at radius 2 is 1.71 bits per heavy atom. The highest BCUT2D eigenvalue weighted by Crippen LogP contribution is 2.28. The summed E-state index contributed by atoms with van der Waals surface area (Å²) in [6, 6.07) is 14.3. The molecule has 1 aliphatic carbocycles. The molecule has 1 saturated carbocycles. The molecule has 5 nitrogen and oxygen atoms in total. The summed E-state index contributed by atoms with van der Waals surface area (Å²) in [4.78, 5) is 14.3. The number of carbonyl (C=O) groups excluding carboxylic acids is 1. The molecule has 1 aliphatic rings. The number of amides is 1. The minimum Gasteiger partial charge on any atom is -0.348 e. The predicted molar refractivity (Wildman–Crippen MR) is 130 cm³/mol. The van der Waals surface area contributed by atoms with Gasteiger partial charge in [-0.05, 0) is 68.0 Å². The zero-order valence-corrected chi connectivity index (χ0v) is 21.1. The Labute approximate surface area is 198 Å². The molecule has 2 aromatic carbocycles. The lowest BCUT2D eigenvalue weighted by Gasteiger charge is -2.33. The van der Waals surface area contributed by atoms with E-state index in [2.05, 4.69) is 21.2 Å². The van der Waals surface area contributed by atoms with Gasteiger partial charge in [-0.1, -0.05) is 47.3 Å². The topological polar surface area (TPSA) is 66.5 Å². The Kier molecular flexibility index (Phi) is 8.61. The van der Waals surface area contributed by atoms with Crippen LogP contribution < -0.4 is 5.32 Å². The van der Waals surface area contributed by atoms with Gasteiger partial charge in [0.15, 0.2) is 0 Å². The van der Waals surface area contributed by atoms with Crippen LogP contribution in [-0.4, -0.2) is 37.5 Å². The van der Waals surface area contributed by atoms with E-state index < -0.39 is 10.0 Å². The largest absolute Gasteiger partial charge is 0.348 e. The van der Waals surface area contributed by atoms with Crippen LogP contribution in [0.2, 0.25) is 0 Å². The lowest BCUT2D eigenvalue weighted by Crippen LogP contribution is -2.47. The molecular weight excluding hydrogens is 496 g/mol. The van der Waals surface area contributed by atoms with Gasteiger partial charge in [0.05, 0.1) is 17.5 Å². The van der Waals surface area contributed by atoms with E-state index in [0.717, 1.165) is 47.0 Å². The summed E-state index contributed by atoms with van der Waals surface area (Å²) in [6.07, 6.45) is 6.67. The maximum Gasteiger partial charge on any atom is 0.243 e. The maximum absolute atomic E-state index is 13.4. The van der Waals surface area contributed by atoms with Crippen molar-refractivity contribution < 1.29 is 13.2 Å². The van der Waals surface area contributed by atoms with Crippen molar-refractivity contribution in [2.75, 3.05) is 12.8 Å². The van der Waals surface area contributed by atoms with Gasteiger partial charge in [0, 0.05) is 15.4 Å². The van der Waals surface area contributed by atoms with E-state index in [1.54, 1.807) is 36.0 Å². The average molecular weight is 526 g/mol. The molecule has 1 amide bonds. The molecule has 2 aromatic rings. The lowest BCUT2D eigenvalue weighted by atomic mass is 9.95. The fourth-order valence-electron chi connectivity index (χ4n) is 3.93. The van der Waals surface area contributed by atoms with E-state index >= 15 is 0 Å². The fraction of sp³-hybridized carbons (Fsp3) is 0.435. The summed E-state index contributed by atoms with van der Waals surface area (Å²) in [5.41, 5.74) is 0.992. The molecule has 0 spiro atoms. The van der Waals surface area contributed by atoms with Gasteiger partial charge < -0.3 is 5.32 Å². The van der Waals surface area contributed by atoms with E-state index in [1.807, 2.05) is 37.4 Å². The molecule has 0 bridgehead atoms. The highest BCUT2D eigenvalue weighted by atomic mass is 79.9. The molecule has 0 aliphatic heterocycles. The number of hydrogen-bond acceptors (Lipinski definition) is 4. The van der Waals surface area contributed by atoms with Crippen LogP contribution in [0.3, 0.4) is 0 Å². The van der Waals surface area contributed by atoms with Crippen molar-refractivity contribution in [1.82, 2.24) is 9.62 Å². The summed E-state index contributed by atoms with van der Waals surface area (Å²) in [6.45, 7) is 1.75. The predicted octanol–water partition coefficient (Wildman–Crippen LogP) is 5.37. The van der Waals surface area contributed by atoms with E-state index in [1.165, 1.54) is 4.31 Å². The van der Waals surface area contributed by atoms with E-state index in [4.69, 9.17) is 0 Å². The fourth-order valence-corrected chi connectivity index (χ4v) is 6.24. The molecule has 0 radical (unpaired) electrons. The molecule has 31 heavy (non-hydrogen) atoms. The SMILES string of the molecule is CSc1ccc(C(C)NC(=O)CN(C2CCCCC2)S(=O)(=O)c2ccc(Br)cc2)cc1. The standard InChI is InChI=1S/C23H29BrN2O3S2/c1-17(18-8-12-21(30-2)13-9-18)25-23(27)16-26(20-6-4-3-5-7-20)31(28,29)22-14-10-19(24)11-15-22/h8-15,17,20H,3-7,16H2,1-2H3,(H,25,27). The number of rotatable bonds is 8. The molecule has 0 heterocycles. The third kappa shape index (κ3) is 6.34. The first-order valence-corrected chi connectivity index (χ1v) is 14.0. The number of nitrogens with zero attached hydrogens (tertiary/aromatic N) is 1. The number of hydrogen-bond donors (Lipinski definition) is 1. The Bertz CT molecular complexity index is 973. The van der Waals surface area contributed by atoms with Crippen molar-refractivity contribution in [3.8, 4) is 0 Å². The van der Waals surface area contributed by atoms with Gasteiger partial charge in [-0.3, -0.25) is 4.79 Å². The Hall–Kier alpha value is -1.35. The molecule has 1 unspecified atom stereocenters. The van der Waals surface area contributed by atoms with Crippen LogP contribution in [0.15, 0.2) is 62.8 Å². The highest BCUT2D eigenvalue weighted by Gasteiger charge is 2.34. The molecule has 0 aromatic heterocycles. The monoisotopic (exact) mass is 524 g/mol. The van der Waals surface area contributed by atoms with Crippen molar-refractivity contribution in [2.45, 2.75) is 60.9 Å². The van der Waals surface area contributed by atoms with Crippen molar-refractivity contribution in [2.24, 2.45) is 0 Å². The first-order chi connectivity index (χ1) is 14.8. The number of thioether (sulfide) groups is 1. The zero-order chi connectivity index (χ0) is 22.4. The van der Waals surface area contributed by atoms with Gasteiger partial charge in [-0.15, -0.1) is 11.8 Å². The molecule has 8 heteroatoms. The van der Waals surface area contributed by atoms with Gasteiger partial charge in [-0.25, -0.2) is 8.42 Å². The number of nitrogens with one attached hydrogen (secondary N) is 1. The van der Waals surface area contributed by atoms with Gasteiger partial charge in [0.25, 0.3) is 0 Å². The first kappa shape index (κ1) is 24.3. The van der Waals surface area contributed by atoms with Crippen LogP contribution in [0.25, 0.3) is 0 Å². The van der Waals surface area contributed by atoms with Crippen LogP contribution in [0, 0.1) is 0 Å². The van der Waals surface area contributed by atoms with E-state index in [0.29, 0.717) is 0 Å². The molecule has 1 fully saturated rings. The quantitative estimate of drug-likeness (QED) is 0.471. The summed E-state index contributed by atoms with van der Waals surface area (Å²) in [5.74, 6) is -0.285. The second-order valence-corrected chi connectivity index (χ2v) is 11.5. The van der Waals surface area contributed by atoms with Gasteiger partial charge in [0.1, 0.15) is 0 Å². The molecule has 3 rings (SSSR count). The lowest BCUT2D eigenvalue weighted by molar-refractivity contribution is -0.122. The number of sulfonamides is 1. The van der Waals surface area contributed by atoms with E-state index in [-0.39, 0.29) is 29.4 Å². The van der Waals surface area contributed by atoms with Crippen molar-refractivity contribution in [3.05, 3.63) is 58.6 Å². The second-order valence-electron chi connectivity index (χ2n) is 7.86. The normalized spacial score (nSPS) is 16.3. The molecule has 1 atom stereocenters. The zero-order valence-electron chi connectivity index (χ0n) is 17.9. The number of halogens is 1. The average Bonchev–Trinajstić information content (AvgIpc) is 2.78. The van der Waals surface area contributed by atoms with Crippen molar-refractivity contribution in [1.29, 1.82) is 0 Å². The Morgan fingerprint density at radius 3 is 2.29 bits per heavy atom. The third-order valence-corrected chi connectivity index (χ3v) is 8.88. The second kappa shape index (κ2) is 11.0. The minimum absolute atomic E-state index is 0.149. The molecule has 168 valence electrons. The van der Waals surface area contributed by atoms with Gasteiger partial charge in [-0.2, -0.15) is 4.31 Å². The molecule has 1 N–H and O–H groups in total. The van der Waals surface area contributed by atoms with Crippen LogP contribution in [-0.2, 0) is 14.8 Å². The summed E-state index contributed by atoms with van der Waals surface area (Å²) < 4.78 is 29.1. The number of benzene rings is 2. The van der Waals surface area contributed by atoms with E-state index in [9.17, 15) is 13.2 Å².